The fourth-order valence-corrected chi connectivity index (χ4v) is 4.23. The molecule has 4 rings (SSSR count). The van der Waals surface area contributed by atoms with Gasteiger partial charge in [0.1, 0.15) is 5.52 Å². The van der Waals surface area contributed by atoms with Crippen molar-refractivity contribution in [2.45, 2.75) is 30.7 Å². The summed E-state index contributed by atoms with van der Waals surface area (Å²) in [6.45, 7) is 4.00. The van der Waals surface area contributed by atoms with E-state index in [0.29, 0.717) is 29.4 Å². The Morgan fingerprint density at radius 2 is 1.84 bits per heavy atom. The maximum absolute atomic E-state index is 12.8. The Kier molecular flexibility index (Phi) is 6.36. The third kappa shape index (κ3) is 4.29. The molecule has 0 saturated heterocycles. The number of hydrogen-bond acceptors (Lipinski definition) is 7. The number of hydrogen-bond donors (Lipinski definition) is 1. The van der Waals surface area contributed by atoms with Crippen LogP contribution in [0.2, 0.25) is 0 Å². The minimum atomic E-state index is -0.395. The number of thioether (sulfide) groups is 1. The second kappa shape index (κ2) is 9.35. The minimum Gasteiger partial charge on any atom is -0.462 e. The monoisotopic (exact) mass is 449 g/mol. The molecule has 9 heteroatoms. The summed E-state index contributed by atoms with van der Waals surface area (Å²) in [6, 6.07) is 14.6. The van der Waals surface area contributed by atoms with Crippen molar-refractivity contribution < 1.29 is 14.3 Å². The van der Waals surface area contributed by atoms with Crippen LogP contribution in [0.25, 0.3) is 22.1 Å². The van der Waals surface area contributed by atoms with Crippen LogP contribution in [0.15, 0.2) is 53.7 Å². The van der Waals surface area contributed by atoms with E-state index in [-0.39, 0.29) is 11.9 Å². The molecule has 0 aliphatic heterocycles. The first-order chi connectivity index (χ1) is 15.5. The molecule has 32 heavy (non-hydrogen) atoms. The van der Waals surface area contributed by atoms with Crippen molar-refractivity contribution in [1.82, 2.24) is 19.7 Å². The van der Waals surface area contributed by atoms with Crippen LogP contribution >= 0.6 is 11.8 Å². The molecule has 0 saturated carbocycles. The standard InChI is InChI=1S/C23H23N5O3S/c1-4-18(21(29)24-15-12-10-14(11-13-15)22(30)31-5-2)32-23-25-20-19(26-27-23)16-8-6-7-9-17(16)28(20)3/h6-13,18H,4-5H2,1-3H3,(H,24,29)/t18-/m0/s1. The molecule has 0 unspecified atom stereocenters. The molecule has 2 aromatic carbocycles. The second-order valence-corrected chi connectivity index (χ2v) is 8.31. The third-order valence-electron chi connectivity index (χ3n) is 5.06. The maximum atomic E-state index is 12.8. The van der Waals surface area contributed by atoms with Gasteiger partial charge >= 0.3 is 5.97 Å². The Bertz CT molecular complexity index is 1290. The molecule has 1 amide bonds. The number of nitrogens with one attached hydrogen (secondary N) is 1. The van der Waals surface area contributed by atoms with Gasteiger partial charge < -0.3 is 14.6 Å². The molecule has 0 aliphatic rings. The number of nitrogens with zero attached hydrogens (tertiary/aromatic N) is 4. The number of carbonyl (C=O) groups is 2. The smallest absolute Gasteiger partial charge is 0.338 e. The maximum Gasteiger partial charge on any atom is 0.338 e. The molecule has 164 valence electrons. The number of fused-ring (bicyclic) bond motifs is 3. The van der Waals surface area contributed by atoms with Crippen LogP contribution in [0.4, 0.5) is 5.69 Å². The summed E-state index contributed by atoms with van der Waals surface area (Å²) in [6.07, 6.45) is 0.591. The van der Waals surface area contributed by atoms with Crippen LogP contribution in [0, 0.1) is 0 Å². The molecule has 2 heterocycles. The summed E-state index contributed by atoms with van der Waals surface area (Å²) < 4.78 is 6.96. The Morgan fingerprint density at radius 3 is 2.56 bits per heavy atom. The number of carbonyl (C=O) groups excluding carboxylic acids is 2. The van der Waals surface area contributed by atoms with Crippen molar-refractivity contribution in [3.8, 4) is 0 Å². The topological polar surface area (TPSA) is 99.0 Å². The molecule has 4 aromatic rings. The van der Waals surface area contributed by atoms with Crippen LogP contribution < -0.4 is 5.32 Å². The highest BCUT2D eigenvalue weighted by molar-refractivity contribution is 8.00. The lowest BCUT2D eigenvalue weighted by molar-refractivity contribution is -0.115. The van der Waals surface area contributed by atoms with Crippen molar-refractivity contribution >= 4 is 51.4 Å². The first-order valence-corrected chi connectivity index (χ1v) is 11.2. The average Bonchev–Trinajstić information content (AvgIpc) is 3.10. The van der Waals surface area contributed by atoms with E-state index in [1.54, 1.807) is 31.2 Å². The van der Waals surface area contributed by atoms with Crippen LogP contribution in [0.1, 0.15) is 30.6 Å². The number of para-hydroxylation sites is 1. The van der Waals surface area contributed by atoms with E-state index in [2.05, 4.69) is 20.5 Å². The number of aromatic nitrogens is 4. The Morgan fingerprint density at radius 1 is 1.09 bits per heavy atom. The van der Waals surface area contributed by atoms with Crippen molar-refractivity contribution in [2.75, 3.05) is 11.9 Å². The zero-order valence-electron chi connectivity index (χ0n) is 18.0. The Labute approximate surface area is 189 Å². The van der Waals surface area contributed by atoms with Crippen LogP contribution in [0.5, 0.6) is 0 Å². The highest BCUT2D eigenvalue weighted by Gasteiger charge is 2.21. The number of aryl methyl sites for hydroxylation is 1. The van der Waals surface area contributed by atoms with Gasteiger partial charge in [0.15, 0.2) is 5.65 Å². The summed E-state index contributed by atoms with van der Waals surface area (Å²) in [5.41, 5.74) is 3.54. The average molecular weight is 450 g/mol. The molecule has 1 atom stereocenters. The number of amides is 1. The van der Waals surface area contributed by atoms with Gasteiger partial charge in [0.2, 0.25) is 11.1 Å². The Hall–Kier alpha value is -3.46. The van der Waals surface area contributed by atoms with Gasteiger partial charge in [0, 0.05) is 18.1 Å². The normalized spacial score (nSPS) is 12.1. The largest absolute Gasteiger partial charge is 0.462 e. The number of benzene rings is 2. The summed E-state index contributed by atoms with van der Waals surface area (Å²) in [5, 5.41) is 12.6. The highest BCUT2D eigenvalue weighted by Crippen LogP contribution is 2.28. The molecular formula is C23H23N5O3S. The molecule has 0 radical (unpaired) electrons. The van der Waals surface area contributed by atoms with Crippen molar-refractivity contribution in [2.24, 2.45) is 7.05 Å². The molecule has 0 aliphatic carbocycles. The van der Waals surface area contributed by atoms with Gasteiger partial charge in [0.05, 0.1) is 22.9 Å². The quantitative estimate of drug-likeness (QED) is 0.333. The van der Waals surface area contributed by atoms with E-state index < -0.39 is 5.25 Å². The SMILES string of the molecule is CCOC(=O)c1ccc(NC(=O)[C@H](CC)Sc2nnc3c4ccccc4n(C)c3n2)cc1. The Balaban J connectivity index is 1.49. The lowest BCUT2D eigenvalue weighted by Crippen LogP contribution is -2.25. The van der Waals surface area contributed by atoms with E-state index >= 15 is 0 Å². The summed E-state index contributed by atoms with van der Waals surface area (Å²) >= 11 is 1.28. The highest BCUT2D eigenvalue weighted by atomic mass is 32.2. The zero-order valence-corrected chi connectivity index (χ0v) is 18.8. The first-order valence-electron chi connectivity index (χ1n) is 10.3. The fraction of sp³-hybridized carbons (Fsp3) is 0.261. The predicted octanol–water partition coefficient (Wildman–Crippen LogP) is 4.20. The molecule has 2 aromatic heterocycles. The van der Waals surface area contributed by atoms with E-state index in [1.807, 2.05) is 42.8 Å². The third-order valence-corrected chi connectivity index (χ3v) is 6.28. The number of esters is 1. The second-order valence-electron chi connectivity index (χ2n) is 7.14. The summed E-state index contributed by atoms with van der Waals surface area (Å²) in [5.74, 6) is -0.553. The van der Waals surface area contributed by atoms with Crippen LogP contribution in [-0.2, 0) is 16.6 Å². The van der Waals surface area contributed by atoms with Crippen molar-refractivity contribution in [1.29, 1.82) is 0 Å². The van der Waals surface area contributed by atoms with Gasteiger partial charge in [-0.2, -0.15) is 0 Å². The predicted molar refractivity (Wildman–Crippen MR) is 125 cm³/mol. The van der Waals surface area contributed by atoms with E-state index in [4.69, 9.17) is 4.74 Å². The molecule has 0 spiro atoms. The van der Waals surface area contributed by atoms with E-state index in [0.717, 1.165) is 22.1 Å². The molecule has 8 nitrogen and oxygen atoms in total. The first kappa shape index (κ1) is 21.8. The van der Waals surface area contributed by atoms with Crippen molar-refractivity contribution in [3.63, 3.8) is 0 Å². The number of rotatable bonds is 7. The van der Waals surface area contributed by atoms with Crippen LogP contribution in [-0.4, -0.2) is 43.5 Å². The van der Waals surface area contributed by atoms with Gasteiger partial charge in [-0.3, -0.25) is 4.79 Å². The number of anilines is 1. The lowest BCUT2D eigenvalue weighted by Gasteiger charge is -2.14. The van der Waals surface area contributed by atoms with Gasteiger partial charge in [-0.05, 0) is 43.7 Å². The van der Waals surface area contributed by atoms with Crippen LogP contribution in [0.3, 0.4) is 0 Å². The lowest BCUT2D eigenvalue weighted by atomic mass is 10.2. The molecular weight excluding hydrogens is 426 g/mol. The van der Waals surface area contributed by atoms with Gasteiger partial charge in [-0.15, -0.1) is 10.2 Å². The molecule has 1 N–H and O–H groups in total. The molecule has 0 fully saturated rings. The molecule has 0 bridgehead atoms. The van der Waals surface area contributed by atoms with Crippen molar-refractivity contribution in [3.05, 3.63) is 54.1 Å². The fourth-order valence-electron chi connectivity index (χ4n) is 3.42. The van der Waals surface area contributed by atoms with Gasteiger partial charge in [0.25, 0.3) is 0 Å². The number of ether oxygens (including phenoxy) is 1. The summed E-state index contributed by atoms with van der Waals surface area (Å²) in [4.78, 5) is 29.3. The minimum absolute atomic E-state index is 0.165. The summed E-state index contributed by atoms with van der Waals surface area (Å²) in [7, 11) is 1.94. The zero-order chi connectivity index (χ0) is 22.7. The van der Waals surface area contributed by atoms with E-state index in [9.17, 15) is 9.59 Å². The van der Waals surface area contributed by atoms with Gasteiger partial charge in [-0.1, -0.05) is 36.9 Å². The van der Waals surface area contributed by atoms with Gasteiger partial charge in [-0.25, -0.2) is 9.78 Å². The van der Waals surface area contributed by atoms with E-state index in [1.165, 1.54) is 11.8 Å².